The van der Waals surface area contributed by atoms with Crippen LogP contribution in [0.1, 0.15) is 17.5 Å². The summed E-state index contributed by atoms with van der Waals surface area (Å²) >= 11 is 0. The molecule has 0 radical (unpaired) electrons. The summed E-state index contributed by atoms with van der Waals surface area (Å²) in [5.74, 6) is 0. The molecule has 1 rings (SSSR count). The predicted octanol–water partition coefficient (Wildman–Crippen LogP) is 2.33. The van der Waals surface area contributed by atoms with E-state index < -0.39 is 0 Å². The van der Waals surface area contributed by atoms with Crippen molar-refractivity contribution < 1.29 is 0 Å². The highest BCUT2D eigenvalue weighted by molar-refractivity contribution is 5.49. The Morgan fingerprint density at radius 2 is 2.07 bits per heavy atom. The molecule has 0 aromatic heterocycles. The zero-order valence-electron chi connectivity index (χ0n) is 8.33. The van der Waals surface area contributed by atoms with Crippen LogP contribution in [-0.4, -0.2) is 7.05 Å². The molecular weight excluding hydrogens is 172 g/mol. The molecule has 0 bridgehead atoms. The fourth-order valence-electron chi connectivity index (χ4n) is 1.20. The Morgan fingerprint density at radius 3 is 2.64 bits per heavy atom. The maximum atomic E-state index is 8.35. The third kappa shape index (κ3) is 3.42. The lowest BCUT2D eigenvalue weighted by atomic mass is 10.1. The number of benzene rings is 1. The Hall–Kier alpha value is -1.59. The van der Waals surface area contributed by atoms with Crippen molar-refractivity contribution >= 4 is 6.08 Å². The lowest BCUT2D eigenvalue weighted by molar-refractivity contribution is 0.818. The van der Waals surface area contributed by atoms with E-state index in [4.69, 9.17) is 5.26 Å². The van der Waals surface area contributed by atoms with E-state index in [9.17, 15) is 0 Å². The van der Waals surface area contributed by atoms with Crippen LogP contribution in [0, 0.1) is 11.3 Å². The molecule has 2 heteroatoms. The van der Waals surface area contributed by atoms with E-state index in [-0.39, 0.29) is 0 Å². The molecule has 72 valence electrons. The molecule has 1 N–H and O–H groups in total. The van der Waals surface area contributed by atoms with Crippen LogP contribution < -0.4 is 5.32 Å². The summed E-state index contributed by atoms with van der Waals surface area (Å²) in [7, 11) is 1.93. The average Bonchev–Trinajstić information content (AvgIpc) is 2.21. The molecule has 2 nitrogen and oxygen atoms in total. The van der Waals surface area contributed by atoms with Gasteiger partial charge < -0.3 is 5.32 Å². The highest BCUT2D eigenvalue weighted by Gasteiger charge is 1.89. The van der Waals surface area contributed by atoms with Crippen LogP contribution in [0.2, 0.25) is 0 Å². The van der Waals surface area contributed by atoms with Crippen LogP contribution in [0.4, 0.5) is 0 Å². The maximum Gasteiger partial charge on any atom is 0.0663 e. The van der Waals surface area contributed by atoms with Gasteiger partial charge in [-0.05, 0) is 18.2 Å². The van der Waals surface area contributed by atoms with Gasteiger partial charge in [-0.15, -0.1) is 0 Å². The molecule has 0 aliphatic rings. The maximum absolute atomic E-state index is 8.35. The van der Waals surface area contributed by atoms with Crippen molar-refractivity contribution in [2.45, 2.75) is 13.0 Å². The monoisotopic (exact) mass is 186 g/mol. The molecule has 0 atom stereocenters. The van der Waals surface area contributed by atoms with E-state index in [1.165, 1.54) is 5.56 Å². The molecule has 0 saturated heterocycles. The van der Waals surface area contributed by atoms with Gasteiger partial charge in [0.2, 0.25) is 0 Å². The van der Waals surface area contributed by atoms with Crippen LogP contribution >= 0.6 is 0 Å². The van der Waals surface area contributed by atoms with Crippen LogP contribution in [0.3, 0.4) is 0 Å². The normalized spacial score (nSPS) is 10.3. The highest BCUT2D eigenvalue weighted by Crippen LogP contribution is 2.06. The second kappa shape index (κ2) is 5.95. The quantitative estimate of drug-likeness (QED) is 0.783. The number of hydrogen-bond acceptors (Lipinski definition) is 2. The lowest BCUT2D eigenvalue weighted by Crippen LogP contribution is -2.04. The summed E-state index contributed by atoms with van der Waals surface area (Å²) < 4.78 is 0. The standard InChI is InChI=1S/C12H14N2/c1-14-10-12-7-5-11(6-8-12)4-2-3-9-13/h2,4-8,14H,3,10H2,1H3. The van der Waals surface area contributed by atoms with E-state index in [0.29, 0.717) is 6.42 Å². The van der Waals surface area contributed by atoms with Crippen LogP contribution in [0.5, 0.6) is 0 Å². The number of nitriles is 1. The molecule has 0 amide bonds. The first-order valence-electron chi connectivity index (χ1n) is 4.64. The van der Waals surface area contributed by atoms with E-state index in [0.717, 1.165) is 12.1 Å². The van der Waals surface area contributed by atoms with Crippen LogP contribution in [0.15, 0.2) is 30.3 Å². The zero-order chi connectivity index (χ0) is 10.2. The van der Waals surface area contributed by atoms with Crippen molar-refractivity contribution in [1.29, 1.82) is 5.26 Å². The predicted molar refractivity (Wildman–Crippen MR) is 58.5 cm³/mol. The first-order chi connectivity index (χ1) is 6.86. The smallest absolute Gasteiger partial charge is 0.0663 e. The Kier molecular flexibility index (Phi) is 4.46. The van der Waals surface area contributed by atoms with Crippen molar-refractivity contribution in [2.24, 2.45) is 0 Å². The van der Waals surface area contributed by atoms with Gasteiger partial charge in [0.15, 0.2) is 0 Å². The molecule has 0 aliphatic heterocycles. The molecule has 0 fully saturated rings. The number of allylic oxidation sites excluding steroid dienone is 1. The number of nitrogens with zero attached hydrogens (tertiary/aromatic N) is 1. The summed E-state index contributed by atoms with van der Waals surface area (Å²) in [5, 5.41) is 11.4. The van der Waals surface area contributed by atoms with E-state index in [1.807, 2.05) is 19.2 Å². The summed E-state index contributed by atoms with van der Waals surface area (Å²) in [6, 6.07) is 10.4. The minimum Gasteiger partial charge on any atom is -0.316 e. The summed E-state index contributed by atoms with van der Waals surface area (Å²) in [6.45, 7) is 0.891. The molecule has 0 aliphatic carbocycles. The number of hydrogen-bond donors (Lipinski definition) is 1. The van der Waals surface area contributed by atoms with Gasteiger partial charge in [0.1, 0.15) is 0 Å². The Labute approximate surface area is 84.9 Å². The largest absolute Gasteiger partial charge is 0.316 e. The van der Waals surface area contributed by atoms with Crippen molar-refractivity contribution in [3.05, 3.63) is 41.5 Å². The fraction of sp³-hybridized carbons (Fsp3) is 0.250. The molecular formula is C12H14N2. The van der Waals surface area contributed by atoms with Crippen LogP contribution in [-0.2, 0) is 6.54 Å². The zero-order valence-corrected chi connectivity index (χ0v) is 8.33. The molecule has 1 aromatic carbocycles. The molecule has 0 saturated carbocycles. The van der Waals surface area contributed by atoms with Gasteiger partial charge >= 0.3 is 0 Å². The van der Waals surface area contributed by atoms with E-state index >= 15 is 0 Å². The molecule has 1 aromatic rings. The van der Waals surface area contributed by atoms with Gasteiger partial charge in [-0.2, -0.15) is 5.26 Å². The number of nitrogens with one attached hydrogen (secondary N) is 1. The molecule has 0 spiro atoms. The van der Waals surface area contributed by atoms with E-state index in [1.54, 1.807) is 0 Å². The molecule has 0 heterocycles. The van der Waals surface area contributed by atoms with Crippen molar-refractivity contribution in [1.82, 2.24) is 5.32 Å². The Balaban J connectivity index is 2.60. The third-order valence-corrected chi connectivity index (χ3v) is 1.88. The second-order valence-corrected chi connectivity index (χ2v) is 3.04. The van der Waals surface area contributed by atoms with Gasteiger partial charge in [-0.3, -0.25) is 0 Å². The molecule has 14 heavy (non-hydrogen) atoms. The minimum absolute atomic E-state index is 0.471. The highest BCUT2D eigenvalue weighted by atomic mass is 14.8. The van der Waals surface area contributed by atoms with Gasteiger partial charge in [-0.1, -0.05) is 36.4 Å². The van der Waals surface area contributed by atoms with Crippen molar-refractivity contribution in [3.63, 3.8) is 0 Å². The first-order valence-corrected chi connectivity index (χ1v) is 4.64. The third-order valence-electron chi connectivity index (χ3n) is 1.88. The summed E-state index contributed by atoms with van der Waals surface area (Å²) in [6.07, 6.45) is 4.30. The summed E-state index contributed by atoms with van der Waals surface area (Å²) in [5.41, 5.74) is 2.41. The van der Waals surface area contributed by atoms with Gasteiger partial charge in [0.05, 0.1) is 12.5 Å². The number of rotatable bonds is 4. The topological polar surface area (TPSA) is 35.8 Å². The SMILES string of the molecule is CNCc1ccc(C=CCC#N)cc1. The Morgan fingerprint density at radius 1 is 1.36 bits per heavy atom. The average molecular weight is 186 g/mol. The van der Waals surface area contributed by atoms with Gasteiger partial charge in [0.25, 0.3) is 0 Å². The lowest BCUT2D eigenvalue weighted by Gasteiger charge is -1.99. The Bertz CT molecular complexity index is 330. The first kappa shape index (κ1) is 10.5. The van der Waals surface area contributed by atoms with Gasteiger partial charge in [0, 0.05) is 6.54 Å². The van der Waals surface area contributed by atoms with Gasteiger partial charge in [-0.25, -0.2) is 0 Å². The van der Waals surface area contributed by atoms with Crippen LogP contribution in [0.25, 0.3) is 6.08 Å². The second-order valence-electron chi connectivity index (χ2n) is 3.04. The fourth-order valence-corrected chi connectivity index (χ4v) is 1.20. The minimum atomic E-state index is 0.471. The summed E-state index contributed by atoms with van der Waals surface area (Å²) in [4.78, 5) is 0. The van der Waals surface area contributed by atoms with E-state index in [2.05, 4.69) is 35.7 Å². The van der Waals surface area contributed by atoms with Crippen molar-refractivity contribution in [2.75, 3.05) is 7.05 Å². The molecule has 0 unspecified atom stereocenters. The van der Waals surface area contributed by atoms with Crippen molar-refractivity contribution in [3.8, 4) is 6.07 Å².